The van der Waals surface area contributed by atoms with Gasteiger partial charge in [-0.2, -0.15) is 0 Å². The molecule has 0 fully saturated rings. The van der Waals surface area contributed by atoms with Crippen molar-refractivity contribution in [3.8, 4) is 0 Å². The van der Waals surface area contributed by atoms with Gasteiger partial charge < -0.3 is 9.30 Å². The second-order valence-electron chi connectivity index (χ2n) is 4.00. The van der Waals surface area contributed by atoms with Crippen molar-refractivity contribution in [2.75, 3.05) is 0 Å². The van der Waals surface area contributed by atoms with Crippen molar-refractivity contribution in [1.29, 1.82) is 0 Å². The number of hydrogen-bond acceptors (Lipinski definition) is 4. The number of fused-ring (bicyclic) bond motifs is 2. The van der Waals surface area contributed by atoms with Crippen molar-refractivity contribution < 1.29 is 14.3 Å². The number of ether oxygens (including phenoxy) is 1. The number of carbonyl (C=O) groups is 2. The molecule has 96 valence electrons. The second kappa shape index (κ2) is 4.76. The van der Waals surface area contributed by atoms with Crippen molar-refractivity contribution in [1.82, 2.24) is 4.57 Å². The highest BCUT2D eigenvalue weighted by molar-refractivity contribution is 5.96. The maximum atomic E-state index is 12.0. The molecule has 0 spiro atoms. The van der Waals surface area contributed by atoms with Crippen LogP contribution in [-0.4, -0.2) is 16.3 Å². The van der Waals surface area contributed by atoms with Crippen molar-refractivity contribution in [3.05, 3.63) is 33.2 Å². The van der Waals surface area contributed by atoms with Gasteiger partial charge in [0.2, 0.25) is 0 Å². The van der Waals surface area contributed by atoms with Crippen LogP contribution in [0.4, 0.5) is 0 Å². The average molecular weight is 249 g/mol. The van der Waals surface area contributed by atoms with Crippen LogP contribution in [0.25, 0.3) is 0 Å². The van der Waals surface area contributed by atoms with Gasteiger partial charge in [0.15, 0.2) is 5.78 Å². The quantitative estimate of drug-likeness (QED) is 0.645. The van der Waals surface area contributed by atoms with Gasteiger partial charge in [-0.25, -0.2) is 0 Å². The second-order valence-corrected chi connectivity index (χ2v) is 4.00. The van der Waals surface area contributed by atoms with Crippen molar-refractivity contribution in [2.24, 2.45) is 0 Å². The molecule has 3 rings (SSSR count). The zero-order valence-electron chi connectivity index (χ0n) is 10.5. The summed E-state index contributed by atoms with van der Waals surface area (Å²) in [5, 5.41) is 0. The molecule has 0 atom stereocenters. The van der Waals surface area contributed by atoms with Gasteiger partial charge in [-0.15, -0.1) is 0 Å². The number of cyclic esters (lactones) is 1. The van der Waals surface area contributed by atoms with Gasteiger partial charge in [0.1, 0.15) is 6.61 Å². The molecule has 2 aliphatic rings. The third kappa shape index (κ3) is 1.85. The molecular formula is C13H15NO4. The third-order valence-corrected chi connectivity index (χ3v) is 3.05. The Bertz CT molecular complexity index is 571. The summed E-state index contributed by atoms with van der Waals surface area (Å²) in [5.74, 6) is -0.374. The molecule has 5 heteroatoms. The molecule has 5 nitrogen and oxygen atoms in total. The fraction of sp³-hybridized carbons (Fsp3) is 0.462. The Labute approximate surface area is 104 Å². The number of aromatic nitrogens is 1. The van der Waals surface area contributed by atoms with Crippen LogP contribution in [0.5, 0.6) is 0 Å². The van der Waals surface area contributed by atoms with Crippen LogP contribution in [0, 0.1) is 0 Å². The van der Waals surface area contributed by atoms with Crippen molar-refractivity contribution in [3.63, 3.8) is 0 Å². The fourth-order valence-electron chi connectivity index (χ4n) is 2.21. The van der Waals surface area contributed by atoms with E-state index in [1.54, 1.807) is 6.07 Å². The van der Waals surface area contributed by atoms with Gasteiger partial charge >= 0.3 is 5.97 Å². The monoisotopic (exact) mass is 249 g/mol. The van der Waals surface area contributed by atoms with E-state index < -0.39 is 0 Å². The first kappa shape index (κ1) is 12.5. The first-order valence-corrected chi connectivity index (χ1v) is 6.11. The van der Waals surface area contributed by atoms with E-state index in [9.17, 15) is 14.4 Å². The molecule has 0 N–H and O–H groups in total. The zero-order valence-corrected chi connectivity index (χ0v) is 10.5. The topological polar surface area (TPSA) is 65.4 Å². The van der Waals surface area contributed by atoms with Gasteiger partial charge in [-0.05, 0) is 11.6 Å². The summed E-state index contributed by atoms with van der Waals surface area (Å²) in [6.07, 6.45) is 0.457. The highest BCUT2D eigenvalue weighted by Crippen LogP contribution is 2.20. The van der Waals surface area contributed by atoms with Crippen LogP contribution < -0.4 is 5.56 Å². The minimum absolute atomic E-state index is 0.0289. The van der Waals surface area contributed by atoms with Crippen LogP contribution in [0.15, 0.2) is 10.9 Å². The summed E-state index contributed by atoms with van der Waals surface area (Å²) in [5.41, 5.74) is 1.39. The average Bonchev–Trinajstić information content (AvgIpc) is 2.74. The third-order valence-electron chi connectivity index (χ3n) is 3.05. The highest BCUT2D eigenvalue weighted by Gasteiger charge is 2.27. The number of esters is 1. The first-order valence-electron chi connectivity index (χ1n) is 6.11. The lowest BCUT2D eigenvalue weighted by Crippen LogP contribution is -2.30. The summed E-state index contributed by atoms with van der Waals surface area (Å²) in [4.78, 5) is 34.6. The molecule has 1 aromatic rings. The number of rotatable bonds is 0. The molecule has 1 aromatic heterocycles. The summed E-state index contributed by atoms with van der Waals surface area (Å²) in [6, 6.07) is 1.66. The summed E-state index contributed by atoms with van der Waals surface area (Å²) < 4.78 is 6.31. The van der Waals surface area contributed by atoms with Crippen LogP contribution in [0.1, 0.15) is 41.9 Å². The Morgan fingerprint density at radius 1 is 1.22 bits per heavy atom. The zero-order chi connectivity index (χ0) is 13.3. The Morgan fingerprint density at radius 2 is 1.94 bits per heavy atom. The number of hydrogen-bond donors (Lipinski definition) is 0. The molecule has 0 amide bonds. The molecule has 0 aliphatic carbocycles. The molecule has 0 radical (unpaired) electrons. The molecule has 0 aromatic carbocycles. The van der Waals surface area contributed by atoms with Gasteiger partial charge in [0, 0.05) is 13.0 Å². The number of pyridine rings is 1. The van der Waals surface area contributed by atoms with Gasteiger partial charge in [-0.3, -0.25) is 14.4 Å². The largest absolute Gasteiger partial charge is 0.460 e. The van der Waals surface area contributed by atoms with E-state index >= 15 is 0 Å². The lowest BCUT2D eigenvalue weighted by molar-refractivity contribution is -0.145. The molecule has 3 heterocycles. The molecule has 2 aliphatic heterocycles. The Morgan fingerprint density at radius 3 is 2.67 bits per heavy atom. The summed E-state index contributed by atoms with van der Waals surface area (Å²) in [6.45, 7) is 4.47. The van der Waals surface area contributed by atoms with E-state index in [4.69, 9.17) is 4.74 Å². The van der Waals surface area contributed by atoms with Crippen LogP contribution in [0.2, 0.25) is 0 Å². The molecule has 0 unspecified atom stereocenters. The Hall–Kier alpha value is -1.91. The van der Waals surface area contributed by atoms with E-state index in [2.05, 4.69) is 0 Å². The van der Waals surface area contributed by atoms with E-state index in [1.165, 1.54) is 4.57 Å². The standard InChI is InChI=1S/C11H9NO4.C2H6/c13-9-1-2-12-8(9)3-6-4-10(14)16-5-7(6)11(12)15;1-2/h3H,1-2,4-5H2;1-2H3. The number of carbonyl (C=O) groups excluding carboxylic acids is 2. The van der Waals surface area contributed by atoms with Gasteiger partial charge in [-0.1, -0.05) is 13.8 Å². The summed E-state index contributed by atoms with van der Waals surface area (Å²) >= 11 is 0. The Kier molecular flexibility index (Phi) is 3.32. The van der Waals surface area contributed by atoms with Crippen LogP contribution >= 0.6 is 0 Å². The van der Waals surface area contributed by atoms with Crippen LogP contribution in [0.3, 0.4) is 0 Å². The van der Waals surface area contributed by atoms with E-state index in [0.29, 0.717) is 29.8 Å². The van der Waals surface area contributed by atoms with Crippen molar-refractivity contribution >= 4 is 11.8 Å². The highest BCUT2D eigenvalue weighted by atomic mass is 16.5. The fourth-order valence-corrected chi connectivity index (χ4v) is 2.21. The predicted octanol–water partition coefficient (Wildman–Crippen LogP) is 1.06. The maximum Gasteiger partial charge on any atom is 0.310 e. The smallest absolute Gasteiger partial charge is 0.310 e. The Balaban J connectivity index is 0.000000574. The van der Waals surface area contributed by atoms with Gasteiger partial charge in [0.25, 0.3) is 5.56 Å². The molecule has 18 heavy (non-hydrogen) atoms. The van der Waals surface area contributed by atoms with Gasteiger partial charge in [0.05, 0.1) is 17.7 Å². The minimum atomic E-state index is -0.345. The van der Waals surface area contributed by atoms with Crippen molar-refractivity contribution in [2.45, 2.75) is 39.8 Å². The minimum Gasteiger partial charge on any atom is -0.460 e. The van der Waals surface area contributed by atoms with E-state index in [1.807, 2.05) is 13.8 Å². The lowest BCUT2D eigenvalue weighted by Gasteiger charge is -2.16. The van der Waals surface area contributed by atoms with E-state index in [0.717, 1.165) is 0 Å². The van der Waals surface area contributed by atoms with Crippen LogP contribution in [-0.2, 0) is 29.1 Å². The number of Topliss-reactive ketones (excluding diaryl/α,β-unsaturated/α-hetero) is 1. The molecule has 0 bridgehead atoms. The van der Waals surface area contributed by atoms with E-state index in [-0.39, 0.29) is 30.3 Å². The number of nitrogens with zero attached hydrogens (tertiary/aromatic N) is 1. The number of ketones is 1. The first-order chi connectivity index (χ1) is 8.66. The SMILES string of the molecule is CC.O=C1Cc2cc3n(c(=O)c2CO1)CCC3=O. The predicted molar refractivity (Wildman–Crippen MR) is 64.5 cm³/mol. The molecule has 0 saturated heterocycles. The molecule has 0 saturated carbocycles. The maximum absolute atomic E-state index is 12.0. The molecular weight excluding hydrogens is 234 g/mol. The summed E-state index contributed by atoms with van der Waals surface area (Å²) in [7, 11) is 0. The normalized spacial score (nSPS) is 16.3. The lowest BCUT2D eigenvalue weighted by atomic mass is 10.0.